The second-order valence-corrected chi connectivity index (χ2v) is 6.24. The molecular weight excluding hydrogens is 316 g/mol. The van der Waals surface area contributed by atoms with Crippen LogP contribution >= 0.6 is 0 Å². The molecule has 1 aliphatic heterocycles. The zero-order valence-corrected chi connectivity index (χ0v) is 15.6. The van der Waals surface area contributed by atoms with Gasteiger partial charge in [0.25, 0.3) is 0 Å². The lowest BCUT2D eigenvalue weighted by molar-refractivity contribution is 1.12. The van der Waals surface area contributed by atoms with Gasteiger partial charge in [-0.3, -0.25) is 4.99 Å². The molecule has 1 aliphatic rings. The lowest BCUT2D eigenvalue weighted by atomic mass is 10.1. The Labute approximate surface area is 156 Å². The van der Waals surface area contributed by atoms with Crippen molar-refractivity contribution >= 4 is 23.6 Å². The van der Waals surface area contributed by atoms with Gasteiger partial charge in [0.05, 0.1) is 5.71 Å². The Morgan fingerprint density at radius 3 is 2.54 bits per heavy atom. The van der Waals surface area contributed by atoms with E-state index in [1.54, 1.807) is 0 Å². The molecule has 0 amide bonds. The topological polar surface area (TPSA) is 15.6 Å². The molecule has 2 nitrogen and oxygen atoms in total. The Bertz CT molecular complexity index is 927. The van der Waals surface area contributed by atoms with Crippen LogP contribution in [-0.2, 0) is 0 Å². The number of hydrogen-bond acceptors (Lipinski definition) is 2. The third kappa shape index (κ3) is 4.09. The summed E-state index contributed by atoms with van der Waals surface area (Å²) in [4.78, 5) is 6.55. The van der Waals surface area contributed by atoms with Crippen molar-refractivity contribution < 1.29 is 0 Å². The smallest absolute Gasteiger partial charge is 0.0571 e. The lowest BCUT2D eigenvalue weighted by Crippen LogP contribution is -2.18. The molecule has 0 fully saturated rings. The minimum Gasteiger partial charge on any atom is -0.344 e. The standard InChI is InChI=1S/C24H24N2/c1-19-9-4-5-10-20(19)15-17-22(25-2)12-8-13-23-18-16-21-11-6-7-14-24(21)26(23)3/h4-18H,1-3H3/b12-8-,17-15-,23-13-,25-22?. The molecule has 1 heterocycles. The molecular formula is C24H24N2. The maximum Gasteiger partial charge on any atom is 0.0571 e. The first-order chi connectivity index (χ1) is 12.7. The number of fused-ring (bicyclic) bond motifs is 1. The molecule has 3 rings (SSSR count). The van der Waals surface area contributed by atoms with Gasteiger partial charge < -0.3 is 4.90 Å². The molecule has 26 heavy (non-hydrogen) atoms. The van der Waals surface area contributed by atoms with Gasteiger partial charge in [-0.2, -0.15) is 0 Å². The van der Waals surface area contributed by atoms with Gasteiger partial charge >= 0.3 is 0 Å². The van der Waals surface area contributed by atoms with Crippen LogP contribution in [0.25, 0.3) is 12.2 Å². The molecule has 2 aromatic carbocycles. The quantitative estimate of drug-likeness (QED) is 0.654. The van der Waals surface area contributed by atoms with Crippen molar-refractivity contribution in [2.24, 2.45) is 4.99 Å². The van der Waals surface area contributed by atoms with E-state index in [2.05, 4.69) is 103 Å². The van der Waals surface area contributed by atoms with E-state index in [0.29, 0.717) is 0 Å². The van der Waals surface area contributed by atoms with Crippen LogP contribution in [0.2, 0.25) is 0 Å². The third-order valence-corrected chi connectivity index (χ3v) is 4.53. The van der Waals surface area contributed by atoms with Crippen LogP contribution < -0.4 is 4.90 Å². The van der Waals surface area contributed by atoms with E-state index < -0.39 is 0 Å². The van der Waals surface area contributed by atoms with Crippen molar-refractivity contribution in [2.75, 3.05) is 19.0 Å². The second-order valence-electron chi connectivity index (χ2n) is 6.24. The van der Waals surface area contributed by atoms with Crippen molar-refractivity contribution in [3.05, 3.63) is 101 Å². The van der Waals surface area contributed by atoms with Gasteiger partial charge in [-0.05, 0) is 54.0 Å². The van der Waals surface area contributed by atoms with Gasteiger partial charge in [0.1, 0.15) is 0 Å². The van der Waals surface area contributed by atoms with Gasteiger partial charge in [0.15, 0.2) is 0 Å². The molecule has 0 spiro atoms. The van der Waals surface area contributed by atoms with E-state index in [9.17, 15) is 0 Å². The Morgan fingerprint density at radius 2 is 1.73 bits per heavy atom. The van der Waals surface area contributed by atoms with E-state index in [1.807, 2.05) is 19.2 Å². The van der Waals surface area contributed by atoms with E-state index in [0.717, 1.165) is 11.4 Å². The predicted octanol–water partition coefficient (Wildman–Crippen LogP) is 5.68. The summed E-state index contributed by atoms with van der Waals surface area (Å²) >= 11 is 0. The summed E-state index contributed by atoms with van der Waals surface area (Å²) in [6.07, 6.45) is 14.6. The monoisotopic (exact) mass is 340 g/mol. The van der Waals surface area contributed by atoms with Crippen LogP contribution in [0.15, 0.2) is 89.6 Å². The van der Waals surface area contributed by atoms with Crippen LogP contribution in [0.1, 0.15) is 16.7 Å². The van der Waals surface area contributed by atoms with Crippen molar-refractivity contribution in [1.82, 2.24) is 0 Å². The highest BCUT2D eigenvalue weighted by atomic mass is 15.1. The van der Waals surface area contributed by atoms with Crippen molar-refractivity contribution in [1.29, 1.82) is 0 Å². The van der Waals surface area contributed by atoms with Crippen LogP contribution in [0.5, 0.6) is 0 Å². The maximum absolute atomic E-state index is 4.35. The number of aliphatic imine (C=N–C) groups is 1. The van der Waals surface area contributed by atoms with E-state index in [1.165, 1.54) is 22.4 Å². The number of anilines is 1. The van der Waals surface area contributed by atoms with Crippen molar-refractivity contribution in [3.63, 3.8) is 0 Å². The lowest BCUT2D eigenvalue weighted by Gasteiger charge is -2.26. The molecule has 0 unspecified atom stereocenters. The van der Waals surface area contributed by atoms with Crippen LogP contribution in [0.4, 0.5) is 5.69 Å². The Hall–Kier alpha value is -3.13. The number of rotatable bonds is 4. The predicted molar refractivity (Wildman–Crippen MR) is 115 cm³/mol. The van der Waals surface area contributed by atoms with Gasteiger partial charge in [-0.1, -0.05) is 60.7 Å². The number of nitrogens with zero attached hydrogens (tertiary/aromatic N) is 2. The zero-order valence-electron chi connectivity index (χ0n) is 15.6. The minimum atomic E-state index is 0.938. The zero-order chi connectivity index (χ0) is 18.4. The average molecular weight is 340 g/mol. The molecule has 0 saturated heterocycles. The Balaban J connectivity index is 1.73. The summed E-state index contributed by atoms with van der Waals surface area (Å²) in [5, 5.41) is 0. The fraction of sp³-hybridized carbons (Fsp3) is 0.125. The highest BCUT2D eigenvalue weighted by Crippen LogP contribution is 2.28. The first kappa shape index (κ1) is 17.7. The Morgan fingerprint density at radius 1 is 0.962 bits per heavy atom. The average Bonchev–Trinajstić information content (AvgIpc) is 2.67. The summed E-state index contributed by atoms with van der Waals surface area (Å²) < 4.78 is 0. The molecule has 0 saturated carbocycles. The number of likely N-dealkylation sites (N-methyl/N-ethyl adjacent to an activating group) is 1. The molecule has 0 aliphatic carbocycles. The molecule has 0 N–H and O–H groups in total. The number of allylic oxidation sites excluding steroid dienone is 5. The van der Waals surface area contributed by atoms with E-state index >= 15 is 0 Å². The van der Waals surface area contributed by atoms with E-state index in [-0.39, 0.29) is 0 Å². The molecule has 0 atom stereocenters. The highest BCUT2D eigenvalue weighted by Gasteiger charge is 2.11. The van der Waals surface area contributed by atoms with Gasteiger partial charge in [-0.15, -0.1) is 0 Å². The van der Waals surface area contributed by atoms with Gasteiger partial charge in [0.2, 0.25) is 0 Å². The number of hydrogen-bond donors (Lipinski definition) is 0. The number of benzene rings is 2. The number of para-hydroxylation sites is 1. The van der Waals surface area contributed by atoms with Gasteiger partial charge in [0, 0.05) is 25.5 Å². The van der Waals surface area contributed by atoms with E-state index in [4.69, 9.17) is 0 Å². The molecule has 2 heteroatoms. The molecule has 0 aromatic heterocycles. The summed E-state index contributed by atoms with van der Waals surface area (Å²) in [6.45, 7) is 2.12. The first-order valence-corrected chi connectivity index (χ1v) is 8.79. The molecule has 2 aromatic rings. The largest absolute Gasteiger partial charge is 0.344 e. The molecule has 130 valence electrons. The summed E-state index contributed by atoms with van der Waals surface area (Å²) in [5.74, 6) is 0. The fourth-order valence-electron chi connectivity index (χ4n) is 2.93. The van der Waals surface area contributed by atoms with Crippen molar-refractivity contribution in [3.8, 4) is 0 Å². The normalized spacial score (nSPS) is 16.0. The summed E-state index contributed by atoms with van der Waals surface area (Å²) in [7, 11) is 3.91. The summed E-state index contributed by atoms with van der Waals surface area (Å²) in [5.41, 5.74) is 7.03. The molecule has 0 bridgehead atoms. The second kappa shape index (κ2) is 8.30. The minimum absolute atomic E-state index is 0.938. The first-order valence-electron chi connectivity index (χ1n) is 8.79. The van der Waals surface area contributed by atoms with Crippen molar-refractivity contribution in [2.45, 2.75) is 6.92 Å². The van der Waals surface area contributed by atoms with Gasteiger partial charge in [-0.25, -0.2) is 0 Å². The van der Waals surface area contributed by atoms with Crippen LogP contribution in [0, 0.1) is 6.92 Å². The summed E-state index contributed by atoms with van der Waals surface area (Å²) in [6, 6.07) is 16.7. The molecule has 0 radical (unpaired) electrons. The maximum atomic E-state index is 4.35. The van der Waals surface area contributed by atoms with Crippen LogP contribution in [0.3, 0.4) is 0 Å². The third-order valence-electron chi connectivity index (χ3n) is 4.53. The fourth-order valence-corrected chi connectivity index (χ4v) is 2.93. The highest BCUT2D eigenvalue weighted by molar-refractivity contribution is 6.06. The SMILES string of the molecule is CN=C(/C=C\C=C1\C=Cc2ccccc2N1C)/C=C\c1ccccc1C. The Kier molecular flexibility index (Phi) is 5.65. The number of aryl methyl sites for hydroxylation is 1. The van der Waals surface area contributed by atoms with Crippen LogP contribution in [-0.4, -0.2) is 19.8 Å².